The van der Waals surface area contributed by atoms with E-state index in [-0.39, 0.29) is 0 Å². The third kappa shape index (κ3) is 4.54. The van der Waals surface area contributed by atoms with Crippen LogP contribution >= 0.6 is 0 Å². The molecule has 0 fully saturated rings. The second-order valence-electron chi connectivity index (χ2n) is 13.2. The van der Waals surface area contributed by atoms with E-state index in [0.29, 0.717) is 0 Å². The Hall–Kier alpha value is -6.50. The third-order valence-corrected chi connectivity index (χ3v) is 10.4. The van der Waals surface area contributed by atoms with E-state index < -0.39 is 0 Å². The summed E-state index contributed by atoms with van der Waals surface area (Å²) >= 11 is 0. The van der Waals surface area contributed by atoms with Gasteiger partial charge in [0.2, 0.25) is 0 Å². The summed E-state index contributed by atoms with van der Waals surface area (Å²) in [7, 11) is 0. The number of hydrogen-bond donors (Lipinski definition) is 0. The van der Waals surface area contributed by atoms with Crippen LogP contribution in [0.25, 0.3) is 98.4 Å². The highest BCUT2D eigenvalue weighted by atomic mass is 14.2. The summed E-state index contributed by atoms with van der Waals surface area (Å²) in [5.74, 6) is 0. The molecule has 0 aliphatic rings. The monoisotopic (exact) mass is 632 g/mol. The molecule has 0 aliphatic heterocycles. The topological polar surface area (TPSA) is 0 Å². The third-order valence-electron chi connectivity index (χ3n) is 10.4. The summed E-state index contributed by atoms with van der Waals surface area (Å²) in [6.45, 7) is 0. The number of rotatable bonds is 4. The molecular weight excluding hydrogens is 601 g/mol. The smallest absolute Gasteiger partial charge is 0.00201 e. The quantitative estimate of drug-likeness (QED) is 0.169. The van der Waals surface area contributed by atoms with Crippen LogP contribution in [0.2, 0.25) is 0 Å². The van der Waals surface area contributed by atoms with Crippen LogP contribution in [0.5, 0.6) is 0 Å². The molecule has 232 valence electrons. The van der Waals surface area contributed by atoms with Crippen LogP contribution in [0, 0.1) is 0 Å². The highest BCUT2D eigenvalue weighted by Gasteiger charge is 2.19. The van der Waals surface area contributed by atoms with Crippen LogP contribution in [-0.4, -0.2) is 0 Å². The highest BCUT2D eigenvalue weighted by Crippen LogP contribution is 2.46. The zero-order valence-corrected chi connectivity index (χ0v) is 27.5. The molecule has 0 spiro atoms. The van der Waals surface area contributed by atoms with Crippen molar-refractivity contribution in [3.63, 3.8) is 0 Å². The van der Waals surface area contributed by atoms with Crippen LogP contribution in [0.4, 0.5) is 0 Å². The van der Waals surface area contributed by atoms with Crippen molar-refractivity contribution in [1.29, 1.82) is 0 Å². The van der Waals surface area contributed by atoms with Gasteiger partial charge in [-0.25, -0.2) is 0 Å². The van der Waals surface area contributed by atoms with Crippen molar-refractivity contribution in [2.45, 2.75) is 0 Å². The lowest BCUT2D eigenvalue weighted by atomic mass is 9.83. The molecule has 50 heavy (non-hydrogen) atoms. The van der Waals surface area contributed by atoms with E-state index in [2.05, 4.69) is 194 Å². The van der Waals surface area contributed by atoms with Crippen molar-refractivity contribution in [2.75, 3.05) is 0 Å². The summed E-state index contributed by atoms with van der Waals surface area (Å²) in [4.78, 5) is 0. The minimum atomic E-state index is 1.21. The maximum atomic E-state index is 2.40. The zero-order valence-electron chi connectivity index (χ0n) is 27.5. The van der Waals surface area contributed by atoms with Gasteiger partial charge in [-0.15, -0.1) is 0 Å². The summed E-state index contributed by atoms with van der Waals surface area (Å²) < 4.78 is 0. The molecule has 10 aromatic rings. The SMILES string of the molecule is c1cc(-c2ccc3ccccc3c2-c2ccc3ccccc3c2)cc(-c2c3ccccc3c(-c3cccc4ccccc34)c3ccccc23)c1. The first-order valence-corrected chi connectivity index (χ1v) is 17.4. The molecule has 0 nitrogen and oxygen atoms in total. The first-order chi connectivity index (χ1) is 24.8. The van der Waals surface area contributed by atoms with E-state index in [4.69, 9.17) is 0 Å². The summed E-state index contributed by atoms with van der Waals surface area (Å²) in [6.07, 6.45) is 0. The molecule has 0 heteroatoms. The van der Waals surface area contributed by atoms with Gasteiger partial charge in [0.05, 0.1) is 0 Å². The van der Waals surface area contributed by atoms with Gasteiger partial charge >= 0.3 is 0 Å². The van der Waals surface area contributed by atoms with Crippen molar-refractivity contribution >= 4 is 53.9 Å². The molecule has 0 aliphatic carbocycles. The molecule has 0 radical (unpaired) electrons. The lowest BCUT2D eigenvalue weighted by Gasteiger charge is -2.20. The van der Waals surface area contributed by atoms with E-state index in [1.807, 2.05) is 0 Å². The van der Waals surface area contributed by atoms with Gasteiger partial charge in [0.15, 0.2) is 0 Å². The molecule has 0 aromatic heterocycles. The number of hydrogen-bond acceptors (Lipinski definition) is 0. The number of fused-ring (bicyclic) bond motifs is 5. The molecule has 0 saturated carbocycles. The van der Waals surface area contributed by atoms with Crippen molar-refractivity contribution in [3.05, 3.63) is 194 Å². The van der Waals surface area contributed by atoms with E-state index in [9.17, 15) is 0 Å². The van der Waals surface area contributed by atoms with E-state index in [1.165, 1.54) is 98.4 Å². The molecular formula is C50H32. The van der Waals surface area contributed by atoms with Gasteiger partial charge in [0.1, 0.15) is 0 Å². The lowest BCUT2D eigenvalue weighted by Crippen LogP contribution is -1.92. The zero-order chi connectivity index (χ0) is 33.0. The molecule has 0 unspecified atom stereocenters. The molecule has 0 bridgehead atoms. The Morgan fingerprint density at radius 1 is 0.200 bits per heavy atom. The Morgan fingerprint density at radius 3 is 1.40 bits per heavy atom. The number of benzene rings is 10. The molecule has 0 heterocycles. The van der Waals surface area contributed by atoms with Gasteiger partial charge < -0.3 is 0 Å². The van der Waals surface area contributed by atoms with E-state index in [0.717, 1.165) is 0 Å². The van der Waals surface area contributed by atoms with E-state index in [1.54, 1.807) is 0 Å². The fourth-order valence-electron chi connectivity index (χ4n) is 8.18. The van der Waals surface area contributed by atoms with Gasteiger partial charge in [0.25, 0.3) is 0 Å². The predicted octanol–water partition coefficient (Wildman–Crippen LogP) is 14.1. The van der Waals surface area contributed by atoms with E-state index >= 15 is 0 Å². The second kappa shape index (κ2) is 11.6. The van der Waals surface area contributed by atoms with Gasteiger partial charge in [-0.05, 0) is 111 Å². The average molecular weight is 633 g/mol. The fourth-order valence-corrected chi connectivity index (χ4v) is 8.18. The van der Waals surface area contributed by atoms with Gasteiger partial charge in [-0.1, -0.05) is 182 Å². The molecule has 0 atom stereocenters. The summed E-state index contributed by atoms with van der Waals surface area (Å²) in [6, 6.07) is 71.4. The Labute approximate surface area is 291 Å². The van der Waals surface area contributed by atoms with Crippen LogP contribution < -0.4 is 0 Å². The molecule has 10 aromatic carbocycles. The minimum Gasteiger partial charge on any atom is -0.0616 e. The Kier molecular flexibility index (Phi) is 6.60. The van der Waals surface area contributed by atoms with Gasteiger partial charge in [-0.2, -0.15) is 0 Å². The van der Waals surface area contributed by atoms with Crippen molar-refractivity contribution < 1.29 is 0 Å². The largest absolute Gasteiger partial charge is 0.0616 e. The first-order valence-electron chi connectivity index (χ1n) is 17.4. The fraction of sp³-hybridized carbons (Fsp3) is 0. The highest BCUT2D eigenvalue weighted by molar-refractivity contribution is 6.23. The minimum absolute atomic E-state index is 1.21. The molecule has 0 amide bonds. The van der Waals surface area contributed by atoms with Crippen LogP contribution in [-0.2, 0) is 0 Å². The lowest BCUT2D eigenvalue weighted by molar-refractivity contribution is 1.61. The van der Waals surface area contributed by atoms with Crippen molar-refractivity contribution in [1.82, 2.24) is 0 Å². The Morgan fingerprint density at radius 2 is 0.680 bits per heavy atom. The standard InChI is InChI=1S/C50H32/c1-2-16-36-31-39(28-27-33(36)13-1)48-41-21-6-4-15-35(41)29-30-42(48)37-18-11-19-38(32-37)49-44-22-7-9-24-46(44)50(47-25-10-8-23-45(47)49)43-26-12-17-34-14-3-5-20-40(34)43/h1-32H. The molecule has 0 saturated heterocycles. The van der Waals surface area contributed by atoms with Gasteiger partial charge in [-0.3, -0.25) is 0 Å². The average Bonchev–Trinajstić information content (AvgIpc) is 3.19. The Bertz CT molecular complexity index is 2860. The van der Waals surface area contributed by atoms with Crippen LogP contribution in [0.15, 0.2) is 194 Å². The van der Waals surface area contributed by atoms with Crippen LogP contribution in [0.3, 0.4) is 0 Å². The maximum absolute atomic E-state index is 2.40. The van der Waals surface area contributed by atoms with Crippen molar-refractivity contribution in [2.24, 2.45) is 0 Å². The normalized spacial score (nSPS) is 11.6. The molecule has 0 N–H and O–H groups in total. The Balaban J connectivity index is 1.24. The van der Waals surface area contributed by atoms with Gasteiger partial charge in [0, 0.05) is 0 Å². The van der Waals surface area contributed by atoms with Crippen molar-refractivity contribution in [3.8, 4) is 44.5 Å². The van der Waals surface area contributed by atoms with Crippen LogP contribution in [0.1, 0.15) is 0 Å². The first kappa shape index (κ1) is 28.5. The second-order valence-corrected chi connectivity index (χ2v) is 13.2. The maximum Gasteiger partial charge on any atom is -0.00201 e. The molecule has 10 rings (SSSR count). The summed E-state index contributed by atoms with van der Waals surface area (Å²) in [5.41, 5.74) is 10.0. The predicted molar refractivity (Wildman–Crippen MR) is 216 cm³/mol. The summed E-state index contributed by atoms with van der Waals surface area (Å²) in [5, 5.41) is 12.6.